The van der Waals surface area contributed by atoms with Crippen molar-refractivity contribution in [1.82, 2.24) is 15.0 Å². The van der Waals surface area contributed by atoms with Gasteiger partial charge in [-0.3, -0.25) is 4.79 Å². The van der Waals surface area contributed by atoms with E-state index in [9.17, 15) is 18.0 Å². The van der Waals surface area contributed by atoms with Crippen LogP contribution >= 0.6 is 0 Å². The highest BCUT2D eigenvalue weighted by Gasteiger charge is 2.38. The van der Waals surface area contributed by atoms with Gasteiger partial charge in [0.05, 0.1) is 6.54 Å². The van der Waals surface area contributed by atoms with Gasteiger partial charge in [0.25, 0.3) is 0 Å². The van der Waals surface area contributed by atoms with Crippen LogP contribution in [0.3, 0.4) is 0 Å². The molecular formula is C17H14F3N3O2. The molecule has 1 amide bonds. The van der Waals surface area contributed by atoms with Crippen LogP contribution in [0.4, 0.5) is 13.2 Å². The molecule has 3 rings (SSSR count). The Morgan fingerprint density at radius 2 is 2.00 bits per heavy atom. The third-order valence-corrected chi connectivity index (χ3v) is 3.77. The van der Waals surface area contributed by atoms with Gasteiger partial charge in [-0.2, -0.15) is 18.2 Å². The maximum atomic E-state index is 12.5. The predicted molar refractivity (Wildman–Crippen MR) is 81.7 cm³/mol. The quantitative estimate of drug-likeness (QED) is 0.778. The Balaban J connectivity index is 1.72. The lowest BCUT2D eigenvalue weighted by atomic mass is 10.1. The molecule has 1 aliphatic carbocycles. The zero-order valence-electron chi connectivity index (χ0n) is 13.1. The first-order chi connectivity index (χ1) is 11.9. The topological polar surface area (TPSA) is 59.2 Å². The molecule has 1 aliphatic rings. The van der Waals surface area contributed by atoms with Crippen molar-refractivity contribution in [2.24, 2.45) is 5.92 Å². The van der Waals surface area contributed by atoms with E-state index in [-0.39, 0.29) is 24.2 Å². The van der Waals surface area contributed by atoms with Crippen molar-refractivity contribution in [3.8, 4) is 23.7 Å². The van der Waals surface area contributed by atoms with E-state index in [1.54, 1.807) is 29.2 Å². The fourth-order valence-electron chi connectivity index (χ4n) is 2.35. The number of amides is 1. The maximum Gasteiger partial charge on any atom is 0.471 e. The molecule has 1 saturated carbocycles. The number of terminal acetylenes is 1. The number of benzene rings is 1. The second kappa shape index (κ2) is 6.59. The first-order valence-electron chi connectivity index (χ1n) is 7.61. The van der Waals surface area contributed by atoms with E-state index < -0.39 is 12.1 Å². The molecule has 1 aromatic heterocycles. The van der Waals surface area contributed by atoms with Gasteiger partial charge in [0.1, 0.15) is 0 Å². The molecule has 1 fully saturated rings. The lowest BCUT2D eigenvalue weighted by Crippen LogP contribution is -2.32. The second-order valence-electron chi connectivity index (χ2n) is 5.79. The number of halogens is 3. The minimum absolute atomic E-state index is 0.0370. The summed E-state index contributed by atoms with van der Waals surface area (Å²) in [5.74, 6) is 1.04. The number of aromatic nitrogens is 2. The zero-order valence-corrected chi connectivity index (χ0v) is 13.1. The molecule has 5 nitrogen and oxygen atoms in total. The van der Waals surface area contributed by atoms with Crippen molar-refractivity contribution >= 4 is 5.91 Å². The molecule has 0 atom stereocenters. The molecular weight excluding hydrogens is 335 g/mol. The van der Waals surface area contributed by atoms with Crippen LogP contribution in [0.25, 0.3) is 11.4 Å². The van der Waals surface area contributed by atoms with Crippen LogP contribution in [-0.2, 0) is 17.5 Å². The highest BCUT2D eigenvalue weighted by atomic mass is 19.4. The highest BCUT2D eigenvalue weighted by Crippen LogP contribution is 2.32. The van der Waals surface area contributed by atoms with Crippen LogP contribution in [0.2, 0.25) is 0 Å². The molecule has 1 aromatic carbocycles. The number of rotatable bonds is 5. The zero-order chi connectivity index (χ0) is 18.0. The largest absolute Gasteiger partial charge is 0.471 e. The van der Waals surface area contributed by atoms with Crippen molar-refractivity contribution in [2.75, 3.05) is 6.54 Å². The summed E-state index contributed by atoms with van der Waals surface area (Å²) in [6, 6.07) is 6.55. The molecule has 0 N–H and O–H groups in total. The smallest absolute Gasteiger partial charge is 0.329 e. The lowest BCUT2D eigenvalue weighted by molar-refractivity contribution is -0.159. The van der Waals surface area contributed by atoms with Gasteiger partial charge in [0, 0.05) is 18.0 Å². The summed E-state index contributed by atoms with van der Waals surface area (Å²) in [5, 5.41) is 3.34. The second-order valence-corrected chi connectivity index (χ2v) is 5.79. The summed E-state index contributed by atoms with van der Waals surface area (Å²) >= 11 is 0. The number of hydrogen-bond acceptors (Lipinski definition) is 4. The molecule has 0 saturated heterocycles. The molecule has 1 heterocycles. The molecule has 0 radical (unpaired) electrons. The Kier molecular flexibility index (Phi) is 4.49. The van der Waals surface area contributed by atoms with E-state index in [4.69, 9.17) is 6.42 Å². The number of alkyl halides is 3. The van der Waals surface area contributed by atoms with Crippen LogP contribution in [0.15, 0.2) is 28.8 Å². The Bertz CT molecular complexity index is 802. The standard InChI is InChI=1S/C17H14F3N3O2/c1-2-9-23(15(24)13-7-8-13)10-11-3-5-12(6-4-11)14-21-16(25-22-14)17(18,19)20/h1,3-6,13H,7-10H2. The monoisotopic (exact) mass is 349 g/mol. The van der Waals surface area contributed by atoms with E-state index in [1.807, 2.05) is 0 Å². The summed E-state index contributed by atoms with van der Waals surface area (Å²) in [6.07, 6.45) is 2.41. The van der Waals surface area contributed by atoms with Crippen LogP contribution in [0, 0.1) is 18.3 Å². The molecule has 130 valence electrons. The molecule has 2 aromatic rings. The summed E-state index contributed by atoms with van der Waals surface area (Å²) in [6.45, 7) is 0.566. The SMILES string of the molecule is C#CCN(Cc1ccc(-c2noc(C(F)(F)F)n2)cc1)C(=O)C1CC1. The summed E-state index contributed by atoms with van der Waals surface area (Å²) in [5.41, 5.74) is 1.20. The Morgan fingerprint density at radius 1 is 1.32 bits per heavy atom. The Labute approximate surface area is 141 Å². The lowest BCUT2D eigenvalue weighted by Gasteiger charge is -2.20. The predicted octanol–water partition coefficient (Wildman–Crippen LogP) is 3.13. The fourth-order valence-corrected chi connectivity index (χ4v) is 2.35. The summed E-state index contributed by atoms with van der Waals surface area (Å²) < 4.78 is 41.7. The van der Waals surface area contributed by atoms with E-state index in [2.05, 4.69) is 20.6 Å². The van der Waals surface area contributed by atoms with E-state index in [1.165, 1.54) is 0 Å². The molecule has 0 bridgehead atoms. The normalized spacial score (nSPS) is 14.2. The first-order valence-corrected chi connectivity index (χ1v) is 7.61. The van der Waals surface area contributed by atoms with E-state index in [0.29, 0.717) is 12.1 Å². The molecule has 0 unspecified atom stereocenters. The molecule has 0 spiro atoms. The van der Waals surface area contributed by atoms with Crippen molar-refractivity contribution in [3.05, 3.63) is 35.7 Å². The first kappa shape index (κ1) is 17.0. The van der Waals surface area contributed by atoms with Gasteiger partial charge in [-0.1, -0.05) is 35.3 Å². The van der Waals surface area contributed by atoms with Gasteiger partial charge in [0.15, 0.2) is 0 Å². The molecule has 8 heteroatoms. The third-order valence-electron chi connectivity index (χ3n) is 3.77. The van der Waals surface area contributed by atoms with Gasteiger partial charge < -0.3 is 9.42 Å². The van der Waals surface area contributed by atoms with Gasteiger partial charge in [-0.05, 0) is 18.4 Å². The number of carbonyl (C=O) groups is 1. The Hall–Kier alpha value is -2.82. The summed E-state index contributed by atoms with van der Waals surface area (Å²) in [7, 11) is 0. The molecule has 25 heavy (non-hydrogen) atoms. The van der Waals surface area contributed by atoms with Crippen molar-refractivity contribution in [3.63, 3.8) is 0 Å². The van der Waals surface area contributed by atoms with Gasteiger partial charge in [-0.25, -0.2) is 0 Å². The van der Waals surface area contributed by atoms with Crippen LogP contribution < -0.4 is 0 Å². The van der Waals surface area contributed by atoms with Crippen molar-refractivity contribution < 1.29 is 22.5 Å². The van der Waals surface area contributed by atoms with Gasteiger partial charge in [0.2, 0.25) is 11.7 Å². The number of carbonyl (C=O) groups excluding carboxylic acids is 1. The molecule has 0 aliphatic heterocycles. The third kappa shape index (κ3) is 3.99. The van der Waals surface area contributed by atoms with Crippen molar-refractivity contribution in [1.29, 1.82) is 0 Å². The maximum absolute atomic E-state index is 12.5. The average molecular weight is 349 g/mol. The van der Waals surface area contributed by atoms with Crippen LogP contribution in [0.1, 0.15) is 24.3 Å². The summed E-state index contributed by atoms with van der Waals surface area (Å²) in [4.78, 5) is 17.1. The van der Waals surface area contributed by atoms with E-state index in [0.717, 1.165) is 18.4 Å². The van der Waals surface area contributed by atoms with Gasteiger partial charge >= 0.3 is 12.1 Å². The highest BCUT2D eigenvalue weighted by molar-refractivity contribution is 5.81. The fraction of sp³-hybridized carbons (Fsp3) is 0.353. The minimum Gasteiger partial charge on any atom is -0.329 e. The average Bonchev–Trinajstić information content (AvgIpc) is 3.29. The van der Waals surface area contributed by atoms with E-state index >= 15 is 0 Å². The number of nitrogens with zero attached hydrogens (tertiary/aromatic N) is 3. The minimum atomic E-state index is -4.68. The van der Waals surface area contributed by atoms with Crippen LogP contribution in [-0.4, -0.2) is 27.5 Å². The number of hydrogen-bond donors (Lipinski definition) is 0. The van der Waals surface area contributed by atoms with Gasteiger partial charge in [-0.15, -0.1) is 6.42 Å². The Morgan fingerprint density at radius 3 is 2.52 bits per heavy atom. The van der Waals surface area contributed by atoms with Crippen LogP contribution in [0.5, 0.6) is 0 Å². The van der Waals surface area contributed by atoms with Crippen molar-refractivity contribution in [2.45, 2.75) is 25.6 Å².